The minimum atomic E-state index is -0.311. The van der Waals surface area contributed by atoms with Crippen LogP contribution in [0.5, 0.6) is 0 Å². The molecular formula is C11H12BrN3O. The number of hydrogen-bond acceptors (Lipinski definition) is 4. The Kier molecular flexibility index (Phi) is 5.12. The van der Waals surface area contributed by atoms with Crippen molar-refractivity contribution in [1.29, 1.82) is 5.26 Å². The molecule has 0 amide bonds. The summed E-state index contributed by atoms with van der Waals surface area (Å²) in [5.41, 5.74) is 3.68. The van der Waals surface area contributed by atoms with Crippen molar-refractivity contribution >= 4 is 21.6 Å². The molecule has 1 atom stereocenters. The van der Waals surface area contributed by atoms with Gasteiger partial charge in [-0.15, -0.1) is 0 Å². The molecule has 2 N–H and O–H groups in total. The molecule has 1 rings (SSSR count). The molecule has 0 aliphatic carbocycles. The van der Waals surface area contributed by atoms with Gasteiger partial charge in [-0.25, -0.2) is 0 Å². The normalized spacial score (nSPS) is 13.2. The van der Waals surface area contributed by atoms with Crippen LogP contribution in [0.2, 0.25) is 0 Å². The van der Waals surface area contributed by atoms with Crippen molar-refractivity contribution in [3.05, 3.63) is 34.3 Å². The van der Waals surface area contributed by atoms with Crippen LogP contribution in [0, 0.1) is 11.3 Å². The van der Waals surface area contributed by atoms with Crippen LogP contribution < -0.4 is 5.48 Å². The first kappa shape index (κ1) is 12.8. The molecule has 0 saturated heterocycles. The molecule has 5 heteroatoms. The second-order valence-corrected chi connectivity index (χ2v) is 4.13. The fourth-order valence-corrected chi connectivity index (χ4v) is 1.54. The Balaban J connectivity index is 3.02. The Morgan fingerprint density at radius 2 is 2.19 bits per heavy atom. The maximum absolute atomic E-state index is 8.90. The third-order valence-electron chi connectivity index (χ3n) is 2.06. The molecule has 0 saturated carbocycles. The Labute approximate surface area is 103 Å². The van der Waals surface area contributed by atoms with Gasteiger partial charge in [0.15, 0.2) is 0 Å². The number of hydrogen-bond donors (Lipinski definition) is 2. The highest BCUT2D eigenvalue weighted by atomic mass is 79.9. The molecule has 0 bridgehead atoms. The molecule has 0 aromatic heterocycles. The minimum absolute atomic E-state index is 0.0808. The van der Waals surface area contributed by atoms with E-state index >= 15 is 0 Å². The summed E-state index contributed by atoms with van der Waals surface area (Å²) in [6.07, 6.45) is 0. The summed E-state index contributed by atoms with van der Waals surface area (Å²) in [6.45, 7) is 1.86. The van der Waals surface area contributed by atoms with Crippen molar-refractivity contribution in [2.45, 2.75) is 13.0 Å². The predicted octanol–water partition coefficient (Wildman–Crippen LogP) is 2.13. The molecule has 1 aromatic rings. The summed E-state index contributed by atoms with van der Waals surface area (Å²) in [5.74, 6) is 0. The summed E-state index contributed by atoms with van der Waals surface area (Å²) in [4.78, 5) is 4.13. The van der Waals surface area contributed by atoms with Crippen LogP contribution in [0.15, 0.2) is 33.7 Å². The first-order chi connectivity index (χ1) is 7.69. The maximum atomic E-state index is 8.90. The lowest BCUT2D eigenvalue weighted by Crippen LogP contribution is -2.32. The Morgan fingerprint density at radius 1 is 1.56 bits per heavy atom. The number of benzene rings is 1. The summed E-state index contributed by atoms with van der Waals surface area (Å²) < 4.78 is 0.973. The van der Waals surface area contributed by atoms with Gasteiger partial charge in [-0.2, -0.15) is 10.7 Å². The fourth-order valence-electron chi connectivity index (χ4n) is 1.28. The number of aliphatic imine (C=N–C) groups is 1. The van der Waals surface area contributed by atoms with Gasteiger partial charge in [0.2, 0.25) is 0 Å². The minimum Gasteiger partial charge on any atom is -0.316 e. The van der Waals surface area contributed by atoms with E-state index in [4.69, 9.17) is 10.5 Å². The van der Waals surface area contributed by atoms with Crippen LogP contribution in [0.1, 0.15) is 12.5 Å². The van der Waals surface area contributed by atoms with Crippen molar-refractivity contribution in [2.24, 2.45) is 4.99 Å². The van der Waals surface area contributed by atoms with Crippen LogP contribution in [0.4, 0.5) is 0 Å². The standard InChI is InChI=1S/C11H12BrN3O/c1-8(15-16)11(14-7-6-13)9-2-4-10(12)5-3-9/h2-5,8,15-16H,7H2,1H3. The second-order valence-electron chi connectivity index (χ2n) is 3.22. The Hall–Kier alpha value is -1.22. The van der Waals surface area contributed by atoms with Crippen molar-refractivity contribution in [2.75, 3.05) is 6.54 Å². The zero-order chi connectivity index (χ0) is 12.0. The molecule has 0 heterocycles. The third-order valence-corrected chi connectivity index (χ3v) is 2.59. The van der Waals surface area contributed by atoms with Crippen LogP contribution in [0.25, 0.3) is 0 Å². The lowest BCUT2D eigenvalue weighted by Gasteiger charge is -2.12. The zero-order valence-electron chi connectivity index (χ0n) is 8.81. The number of nitriles is 1. The Bertz CT molecular complexity index is 408. The highest BCUT2D eigenvalue weighted by Crippen LogP contribution is 2.12. The lowest BCUT2D eigenvalue weighted by molar-refractivity contribution is 0.155. The van der Waals surface area contributed by atoms with Crippen molar-refractivity contribution < 1.29 is 5.21 Å². The van der Waals surface area contributed by atoms with Crippen LogP contribution in [0.3, 0.4) is 0 Å². The number of halogens is 1. The molecule has 0 aliphatic heterocycles. The molecule has 0 fully saturated rings. The average Bonchev–Trinajstić information content (AvgIpc) is 2.31. The number of nitrogens with zero attached hydrogens (tertiary/aromatic N) is 2. The van der Waals surface area contributed by atoms with Gasteiger partial charge in [0, 0.05) is 4.47 Å². The number of nitrogens with one attached hydrogen (secondary N) is 1. The molecule has 1 unspecified atom stereocenters. The largest absolute Gasteiger partial charge is 0.316 e. The van der Waals surface area contributed by atoms with E-state index in [1.165, 1.54) is 0 Å². The fraction of sp³-hybridized carbons (Fsp3) is 0.273. The summed E-state index contributed by atoms with van der Waals surface area (Å²) >= 11 is 3.34. The zero-order valence-corrected chi connectivity index (χ0v) is 10.4. The van der Waals surface area contributed by atoms with E-state index in [1.54, 1.807) is 6.92 Å². The second kappa shape index (κ2) is 6.38. The maximum Gasteiger partial charge on any atom is 0.126 e. The van der Waals surface area contributed by atoms with E-state index in [0.29, 0.717) is 5.71 Å². The van der Waals surface area contributed by atoms with Gasteiger partial charge in [0.05, 0.1) is 17.8 Å². The van der Waals surface area contributed by atoms with Crippen LogP contribution in [-0.2, 0) is 0 Å². The topological polar surface area (TPSA) is 68.4 Å². The summed E-state index contributed by atoms with van der Waals surface area (Å²) in [5, 5.41) is 17.4. The van der Waals surface area contributed by atoms with Crippen molar-refractivity contribution in [3.8, 4) is 6.07 Å². The Morgan fingerprint density at radius 3 is 2.69 bits per heavy atom. The van der Waals surface area contributed by atoms with Crippen LogP contribution >= 0.6 is 15.9 Å². The molecule has 84 valence electrons. The smallest absolute Gasteiger partial charge is 0.126 e. The number of rotatable bonds is 4. The monoisotopic (exact) mass is 281 g/mol. The molecule has 0 spiro atoms. The van der Waals surface area contributed by atoms with E-state index in [1.807, 2.05) is 30.3 Å². The first-order valence-electron chi connectivity index (χ1n) is 4.76. The van der Waals surface area contributed by atoms with E-state index < -0.39 is 0 Å². The average molecular weight is 282 g/mol. The molecule has 4 nitrogen and oxygen atoms in total. The van der Waals surface area contributed by atoms with Crippen molar-refractivity contribution in [3.63, 3.8) is 0 Å². The third kappa shape index (κ3) is 3.42. The summed E-state index contributed by atoms with van der Waals surface area (Å²) in [7, 11) is 0. The van der Waals surface area contributed by atoms with Crippen LogP contribution in [-0.4, -0.2) is 23.5 Å². The highest BCUT2D eigenvalue weighted by molar-refractivity contribution is 9.10. The van der Waals surface area contributed by atoms with Crippen molar-refractivity contribution in [1.82, 2.24) is 5.48 Å². The van der Waals surface area contributed by atoms with E-state index in [-0.39, 0.29) is 12.6 Å². The quantitative estimate of drug-likeness (QED) is 0.505. The van der Waals surface area contributed by atoms with Gasteiger partial charge < -0.3 is 5.21 Å². The van der Waals surface area contributed by atoms with Gasteiger partial charge >= 0.3 is 0 Å². The van der Waals surface area contributed by atoms with Gasteiger partial charge in [-0.1, -0.05) is 28.1 Å². The molecule has 0 aliphatic rings. The van der Waals surface area contributed by atoms with E-state index in [2.05, 4.69) is 26.4 Å². The van der Waals surface area contributed by atoms with Gasteiger partial charge in [0.25, 0.3) is 0 Å². The molecular weight excluding hydrogens is 270 g/mol. The summed E-state index contributed by atoms with van der Waals surface area (Å²) in [6, 6.07) is 9.19. The lowest BCUT2D eigenvalue weighted by atomic mass is 10.1. The van der Waals surface area contributed by atoms with Gasteiger partial charge in [-0.3, -0.25) is 4.99 Å². The van der Waals surface area contributed by atoms with E-state index in [0.717, 1.165) is 10.0 Å². The molecule has 0 radical (unpaired) electrons. The van der Waals surface area contributed by atoms with E-state index in [9.17, 15) is 0 Å². The molecule has 1 aromatic carbocycles. The molecule has 16 heavy (non-hydrogen) atoms. The number of hydroxylamine groups is 1. The SMILES string of the molecule is CC(NO)C(=NCC#N)c1ccc(Br)cc1. The van der Waals surface area contributed by atoms with Gasteiger partial charge in [0.1, 0.15) is 6.54 Å². The first-order valence-corrected chi connectivity index (χ1v) is 5.55. The predicted molar refractivity (Wildman–Crippen MR) is 65.5 cm³/mol. The van der Waals surface area contributed by atoms with Gasteiger partial charge in [-0.05, 0) is 24.6 Å². The highest BCUT2D eigenvalue weighted by Gasteiger charge is 2.11.